The zero-order chi connectivity index (χ0) is 19.7. The van der Waals surface area contributed by atoms with E-state index in [1.807, 2.05) is 36.6 Å². The monoisotopic (exact) mass is 423 g/mol. The SMILES string of the molecule is CCC(Sc1ccc2nnc(-c3cccs3)n2n1)C(=O)N1CCC(F)(F)CC1. The maximum atomic E-state index is 13.4. The Hall–Kier alpha value is -2.07. The highest BCUT2D eigenvalue weighted by Crippen LogP contribution is 2.31. The van der Waals surface area contributed by atoms with Gasteiger partial charge in [-0.1, -0.05) is 24.8 Å². The maximum absolute atomic E-state index is 13.4. The lowest BCUT2D eigenvalue weighted by Gasteiger charge is -2.33. The Morgan fingerprint density at radius 2 is 2.07 bits per heavy atom. The number of likely N-dealkylation sites (tertiary alicyclic amines) is 1. The highest BCUT2D eigenvalue weighted by Gasteiger charge is 2.37. The van der Waals surface area contributed by atoms with Crippen molar-refractivity contribution in [3.8, 4) is 10.7 Å². The normalized spacial score (nSPS) is 17.8. The van der Waals surface area contributed by atoms with Crippen LogP contribution in [0.2, 0.25) is 0 Å². The van der Waals surface area contributed by atoms with Gasteiger partial charge in [0.1, 0.15) is 5.03 Å². The van der Waals surface area contributed by atoms with Gasteiger partial charge >= 0.3 is 0 Å². The number of hydrogen-bond donors (Lipinski definition) is 0. The number of alkyl halides is 2. The summed E-state index contributed by atoms with van der Waals surface area (Å²) >= 11 is 2.90. The van der Waals surface area contributed by atoms with Crippen LogP contribution >= 0.6 is 23.1 Å². The molecule has 0 radical (unpaired) electrons. The molecule has 3 aromatic rings. The zero-order valence-corrected chi connectivity index (χ0v) is 16.8. The van der Waals surface area contributed by atoms with E-state index in [1.54, 1.807) is 20.8 Å². The molecule has 10 heteroatoms. The van der Waals surface area contributed by atoms with Crippen molar-refractivity contribution in [1.29, 1.82) is 0 Å². The van der Waals surface area contributed by atoms with E-state index < -0.39 is 5.92 Å². The van der Waals surface area contributed by atoms with E-state index in [2.05, 4.69) is 15.3 Å². The Labute approximate surface area is 168 Å². The van der Waals surface area contributed by atoms with Crippen molar-refractivity contribution in [2.45, 2.75) is 42.4 Å². The van der Waals surface area contributed by atoms with Crippen molar-refractivity contribution in [1.82, 2.24) is 24.7 Å². The lowest BCUT2D eigenvalue weighted by atomic mass is 10.1. The number of nitrogens with zero attached hydrogens (tertiary/aromatic N) is 5. The lowest BCUT2D eigenvalue weighted by molar-refractivity contribution is -0.136. The number of amides is 1. The molecule has 0 N–H and O–H groups in total. The Morgan fingerprint density at radius 1 is 1.29 bits per heavy atom. The van der Waals surface area contributed by atoms with E-state index in [0.717, 1.165) is 4.88 Å². The first kappa shape index (κ1) is 19.3. The predicted molar refractivity (Wildman–Crippen MR) is 105 cm³/mol. The van der Waals surface area contributed by atoms with Crippen molar-refractivity contribution in [3.63, 3.8) is 0 Å². The van der Waals surface area contributed by atoms with Gasteiger partial charge in [0, 0.05) is 25.9 Å². The van der Waals surface area contributed by atoms with Gasteiger partial charge in [0.15, 0.2) is 11.5 Å². The third kappa shape index (κ3) is 3.88. The minimum atomic E-state index is -2.66. The fraction of sp³-hybridized carbons (Fsp3) is 0.444. The van der Waals surface area contributed by atoms with Crippen molar-refractivity contribution in [2.75, 3.05) is 13.1 Å². The Morgan fingerprint density at radius 3 is 2.75 bits per heavy atom. The van der Waals surface area contributed by atoms with E-state index in [1.165, 1.54) is 11.8 Å². The molecule has 148 valence electrons. The highest BCUT2D eigenvalue weighted by molar-refractivity contribution is 8.00. The molecule has 1 aliphatic heterocycles. The molecule has 1 fully saturated rings. The molecular formula is C18H19F2N5OS2. The largest absolute Gasteiger partial charge is 0.341 e. The van der Waals surface area contributed by atoms with Crippen LogP contribution in [0.1, 0.15) is 26.2 Å². The number of aromatic nitrogens is 4. The second-order valence-corrected chi connectivity index (χ2v) is 8.81. The third-order valence-electron chi connectivity index (χ3n) is 4.70. The number of fused-ring (bicyclic) bond motifs is 1. The van der Waals surface area contributed by atoms with Gasteiger partial charge in [-0.2, -0.15) is 9.61 Å². The van der Waals surface area contributed by atoms with E-state index in [-0.39, 0.29) is 37.1 Å². The summed E-state index contributed by atoms with van der Waals surface area (Å²) in [5.74, 6) is -2.11. The first-order valence-electron chi connectivity index (χ1n) is 9.06. The summed E-state index contributed by atoms with van der Waals surface area (Å²) in [5.41, 5.74) is 0.630. The summed E-state index contributed by atoms with van der Waals surface area (Å²) in [6, 6.07) is 7.52. The van der Waals surface area contributed by atoms with E-state index in [4.69, 9.17) is 0 Å². The number of carbonyl (C=O) groups is 1. The summed E-state index contributed by atoms with van der Waals surface area (Å²) in [4.78, 5) is 15.3. The zero-order valence-electron chi connectivity index (χ0n) is 15.2. The maximum Gasteiger partial charge on any atom is 0.251 e. The number of thiophene rings is 1. The van der Waals surface area contributed by atoms with Crippen LogP contribution in [0.15, 0.2) is 34.7 Å². The quantitative estimate of drug-likeness (QED) is 0.581. The number of carbonyl (C=O) groups excluding carboxylic acids is 1. The molecule has 28 heavy (non-hydrogen) atoms. The molecule has 3 aromatic heterocycles. The number of rotatable bonds is 5. The first-order valence-corrected chi connectivity index (χ1v) is 10.8. The smallest absolute Gasteiger partial charge is 0.251 e. The molecule has 6 nitrogen and oxygen atoms in total. The van der Waals surface area contributed by atoms with Gasteiger partial charge in [0.05, 0.1) is 10.1 Å². The number of hydrogen-bond acceptors (Lipinski definition) is 6. The molecule has 4 heterocycles. The second kappa shape index (κ2) is 7.75. The van der Waals surface area contributed by atoms with Crippen LogP contribution in [0.4, 0.5) is 8.78 Å². The fourth-order valence-electron chi connectivity index (χ4n) is 3.11. The first-order chi connectivity index (χ1) is 13.5. The summed E-state index contributed by atoms with van der Waals surface area (Å²) in [7, 11) is 0. The lowest BCUT2D eigenvalue weighted by Crippen LogP contribution is -2.46. The van der Waals surface area contributed by atoms with Gasteiger partial charge < -0.3 is 4.90 Å². The highest BCUT2D eigenvalue weighted by atomic mass is 32.2. The van der Waals surface area contributed by atoms with E-state index >= 15 is 0 Å². The Bertz CT molecular complexity index is 966. The van der Waals surface area contributed by atoms with Gasteiger partial charge in [-0.05, 0) is 30.0 Å². The topological polar surface area (TPSA) is 63.4 Å². The molecule has 1 saturated heterocycles. The Balaban J connectivity index is 1.53. The van der Waals surface area contributed by atoms with Crippen LogP contribution < -0.4 is 0 Å². The van der Waals surface area contributed by atoms with Crippen molar-refractivity contribution in [2.24, 2.45) is 0 Å². The summed E-state index contributed by atoms with van der Waals surface area (Å²) < 4.78 is 28.4. The molecule has 0 bridgehead atoms. The minimum Gasteiger partial charge on any atom is -0.341 e. The van der Waals surface area contributed by atoms with Crippen molar-refractivity contribution in [3.05, 3.63) is 29.6 Å². The van der Waals surface area contributed by atoms with Gasteiger partial charge in [-0.25, -0.2) is 8.78 Å². The molecule has 1 unspecified atom stereocenters. The fourth-order valence-corrected chi connectivity index (χ4v) is 4.78. The molecule has 0 spiro atoms. The molecule has 1 amide bonds. The summed E-state index contributed by atoms with van der Waals surface area (Å²) in [6.45, 7) is 2.12. The van der Waals surface area contributed by atoms with Crippen LogP contribution in [0.25, 0.3) is 16.3 Å². The second-order valence-electron chi connectivity index (χ2n) is 6.64. The van der Waals surface area contributed by atoms with Crippen LogP contribution in [0.5, 0.6) is 0 Å². The molecule has 0 aromatic carbocycles. The average molecular weight is 424 g/mol. The molecule has 4 rings (SSSR count). The van der Waals surface area contributed by atoms with Gasteiger partial charge in [-0.3, -0.25) is 4.79 Å². The molecule has 0 saturated carbocycles. The molecule has 0 aliphatic carbocycles. The van der Waals surface area contributed by atoms with Gasteiger partial charge in [0.2, 0.25) is 5.91 Å². The number of thioether (sulfide) groups is 1. The van der Waals surface area contributed by atoms with Gasteiger partial charge in [-0.15, -0.1) is 21.5 Å². The minimum absolute atomic E-state index is 0.101. The standard InChI is InChI=1S/C18H19F2N5OS2/c1-2-12(17(26)24-9-7-18(19,20)8-10-24)28-15-6-5-14-21-22-16(25(14)23-15)13-4-3-11-27-13/h3-6,11-12H,2,7-10H2,1H3. The van der Waals surface area contributed by atoms with Crippen LogP contribution in [-0.2, 0) is 4.79 Å². The van der Waals surface area contributed by atoms with E-state index in [9.17, 15) is 13.6 Å². The predicted octanol–water partition coefficient (Wildman–Crippen LogP) is 3.98. The van der Waals surface area contributed by atoms with E-state index in [0.29, 0.717) is 22.9 Å². The number of piperidine rings is 1. The molecular weight excluding hydrogens is 404 g/mol. The average Bonchev–Trinajstić information content (AvgIpc) is 3.34. The summed E-state index contributed by atoms with van der Waals surface area (Å²) in [6.07, 6.45) is 0.0555. The van der Waals surface area contributed by atoms with Gasteiger partial charge in [0.25, 0.3) is 5.92 Å². The third-order valence-corrected chi connectivity index (χ3v) is 6.84. The molecule has 1 aliphatic rings. The van der Waals surface area contributed by atoms with Crippen LogP contribution in [0, 0.1) is 0 Å². The number of halogens is 2. The summed E-state index contributed by atoms with van der Waals surface area (Å²) in [5, 5.41) is 15.2. The van der Waals surface area contributed by atoms with Crippen LogP contribution in [0.3, 0.4) is 0 Å². The van der Waals surface area contributed by atoms with Crippen molar-refractivity contribution >= 4 is 34.7 Å². The van der Waals surface area contributed by atoms with Crippen LogP contribution in [-0.4, -0.2) is 54.9 Å². The Kier molecular flexibility index (Phi) is 5.33. The van der Waals surface area contributed by atoms with Crippen molar-refractivity contribution < 1.29 is 13.6 Å². The molecule has 1 atom stereocenters.